The smallest absolute Gasteiger partial charge is 0.193 e. The number of rotatable bonds is 6. The highest BCUT2D eigenvalue weighted by molar-refractivity contribution is 14.0. The predicted molar refractivity (Wildman–Crippen MR) is 106 cm³/mol. The third kappa shape index (κ3) is 7.22. The zero-order chi connectivity index (χ0) is 15.8. The molecule has 1 saturated heterocycles. The zero-order valence-corrected chi connectivity index (χ0v) is 16.9. The number of nitrogens with one attached hydrogen (secondary N) is 1. The fourth-order valence-corrected chi connectivity index (χ4v) is 2.63. The van der Waals surface area contributed by atoms with E-state index in [0.717, 1.165) is 57.2 Å². The van der Waals surface area contributed by atoms with Gasteiger partial charge in [0.15, 0.2) is 5.96 Å². The first-order valence-corrected chi connectivity index (χ1v) is 8.24. The Labute approximate surface area is 160 Å². The van der Waals surface area contributed by atoms with E-state index in [1.165, 1.54) is 0 Å². The van der Waals surface area contributed by atoms with Crippen LogP contribution >= 0.6 is 35.6 Å². The number of aromatic nitrogens is 1. The predicted octanol–water partition coefficient (Wildman–Crippen LogP) is 2.83. The highest BCUT2D eigenvalue weighted by Gasteiger charge is 2.18. The largest absolute Gasteiger partial charge is 0.381 e. The van der Waals surface area contributed by atoms with E-state index in [-0.39, 0.29) is 24.0 Å². The van der Waals surface area contributed by atoms with Crippen molar-refractivity contribution in [3.63, 3.8) is 0 Å². The van der Waals surface area contributed by atoms with Crippen molar-refractivity contribution in [1.82, 2.24) is 15.2 Å². The van der Waals surface area contributed by atoms with Crippen molar-refractivity contribution >= 4 is 41.5 Å². The van der Waals surface area contributed by atoms with E-state index in [9.17, 15) is 0 Å². The second-order valence-electron chi connectivity index (χ2n) is 5.58. The normalized spacial score (nSPS) is 17.7. The standard InChI is InChI=1S/C16H25ClN4O.HI/c1-3-18-16(21(2)11-14-7-9-22-12-14)19-8-6-13-4-5-15(17)20-10-13;/h4-5,10,14H,3,6-9,11-12H2,1-2H3,(H,18,19);1H. The molecule has 1 aromatic heterocycles. The molecule has 0 aromatic carbocycles. The van der Waals surface area contributed by atoms with Gasteiger partial charge in [0.25, 0.3) is 0 Å². The molecular weight excluding hydrogens is 427 g/mol. The van der Waals surface area contributed by atoms with Gasteiger partial charge < -0.3 is 15.0 Å². The van der Waals surface area contributed by atoms with Crippen LogP contribution in [-0.2, 0) is 11.2 Å². The van der Waals surface area contributed by atoms with Crippen LogP contribution in [0.2, 0.25) is 5.15 Å². The monoisotopic (exact) mass is 452 g/mol. The minimum atomic E-state index is 0. The number of halogens is 2. The molecule has 0 amide bonds. The summed E-state index contributed by atoms with van der Waals surface area (Å²) in [6.07, 6.45) is 3.81. The maximum Gasteiger partial charge on any atom is 0.193 e. The average molecular weight is 453 g/mol. The van der Waals surface area contributed by atoms with E-state index >= 15 is 0 Å². The molecule has 1 N–H and O–H groups in total. The lowest BCUT2D eigenvalue weighted by atomic mass is 10.1. The summed E-state index contributed by atoms with van der Waals surface area (Å²) in [5.74, 6) is 1.56. The van der Waals surface area contributed by atoms with Gasteiger partial charge in [-0.2, -0.15) is 0 Å². The third-order valence-corrected chi connectivity index (χ3v) is 3.93. The summed E-state index contributed by atoms with van der Waals surface area (Å²) in [5.41, 5.74) is 1.15. The number of nitrogens with zero attached hydrogens (tertiary/aromatic N) is 3. The average Bonchev–Trinajstić information content (AvgIpc) is 3.01. The highest BCUT2D eigenvalue weighted by atomic mass is 127. The van der Waals surface area contributed by atoms with E-state index in [1.807, 2.05) is 18.3 Å². The quantitative estimate of drug-likeness (QED) is 0.312. The molecule has 1 fully saturated rings. The van der Waals surface area contributed by atoms with Crippen LogP contribution in [0.15, 0.2) is 23.3 Å². The summed E-state index contributed by atoms with van der Waals surface area (Å²) in [4.78, 5) is 11.0. The van der Waals surface area contributed by atoms with Gasteiger partial charge in [0.1, 0.15) is 5.15 Å². The van der Waals surface area contributed by atoms with Crippen LogP contribution in [0.25, 0.3) is 0 Å². The summed E-state index contributed by atoms with van der Waals surface area (Å²) in [5, 5.41) is 3.88. The minimum absolute atomic E-state index is 0. The molecule has 0 radical (unpaired) electrons. The summed E-state index contributed by atoms with van der Waals surface area (Å²) in [6, 6.07) is 3.81. The van der Waals surface area contributed by atoms with E-state index in [1.54, 1.807) is 0 Å². The van der Waals surface area contributed by atoms with Crippen LogP contribution in [0.5, 0.6) is 0 Å². The lowest BCUT2D eigenvalue weighted by Gasteiger charge is -2.24. The maximum atomic E-state index is 5.79. The molecule has 2 heterocycles. The van der Waals surface area contributed by atoms with Crippen molar-refractivity contribution in [2.45, 2.75) is 19.8 Å². The Balaban J connectivity index is 0.00000264. The van der Waals surface area contributed by atoms with Crippen LogP contribution in [0, 0.1) is 5.92 Å². The van der Waals surface area contributed by atoms with Crippen molar-refractivity contribution in [3.05, 3.63) is 29.0 Å². The molecule has 0 aliphatic carbocycles. The number of ether oxygens (including phenoxy) is 1. The molecule has 23 heavy (non-hydrogen) atoms. The molecule has 5 nitrogen and oxygen atoms in total. The van der Waals surface area contributed by atoms with E-state index in [0.29, 0.717) is 11.1 Å². The van der Waals surface area contributed by atoms with Crippen molar-refractivity contribution in [2.75, 3.05) is 39.9 Å². The molecule has 0 spiro atoms. The summed E-state index contributed by atoms with van der Waals surface area (Å²) >= 11 is 5.79. The van der Waals surface area contributed by atoms with Gasteiger partial charge in [0.2, 0.25) is 0 Å². The van der Waals surface area contributed by atoms with Gasteiger partial charge in [-0.1, -0.05) is 17.7 Å². The fourth-order valence-electron chi connectivity index (χ4n) is 2.52. The Hall–Kier alpha value is -0.600. The number of aliphatic imine (C=N–C) groups is 1. The van der Waals surface area contributed by atoms with Gasteiger partial charge in [0.05, 0.1) is 6.61 Å². The fraction of sp³-hybridized carbons (Fsp3) is 0.625. The van der Waals surface area contributed by atoms with E-state index < -0.39 is 0 Å². The van der Waals surface area contributed by atoms with Crippen LogP contribution < -0.4 is 5.32 Å². The van der Waals surface area contributed by atoms with E-state index in [4.69, 9.17) is 21.3 Å². The number of hydrogen-bond acceptors (Lipinski definition) is 3. The molecule has 130 valence electrons. The van der Waals surface area contributed by atoms with Gasteiger partial charge in [-0.15, -0.1) is 24.0 Å². The number of guanidine groups is 1. The van der Waals surface area contributed by atoms with Crippen LogP contribution in [-0.4, -0.2) is 55.7 Å². The SMILES string of the molecule is CCNC(=NCCc1ccc(Cl)nc1)N(C)CC1CCOC1.I. The van der Waals surface area contributed by atoms with Crippen molar-refractivity contribution in [1.29, 1.82) is 0 Å². The Kier molecular flexibility index (Phi) is 9.81. The molecule has 1 aromatic rings. The topological polar surface area (TPSA) is 49.8 Å². The third-order valence-electron chi connectivity index (χ3n) is 3.70. The molecule has 0 bridgehead atoms. The zero-order valence-electron chi connectivity index (χ0n) is 13.8. The molecule has 1 aliphatic heterocycles. The van der Waals surface area contributed by atoms with Gasteiger partial charge in [-0.3, -0.25) is 4.99 Å². The van der Waals surface area contributed by atoms with Crippen molar-refractivity contribution in [3.8, 4) is 0 Å². The van der Waals surface area contributed by atoms with Gasteiger partial charge in [-0.25, -0.2) is 4.98 Å². The number of pyridine rings is 1. The Bertz CT molecular complexity index is 477. The molecule has 0 saturated carbocycles. The van der Waals surface area contributed by atoms with Crippen LogP contribution in [0.1, 0.15) is 18.9 Å². The molecule has 1 unspecified atom stereocenters. The van der Waals surface area contributed by atoms with E-state index in [2.05, 4.69) is 29.2 Å². The summed E-state index contributed by atoms with van der Waals surface area (Å²) < 4.78 is 5.44. The summed E-state index contributed by atoms with van der Waals surface area (Å²) in [6.45, 7) is 6.42. The Morgan fingerprint density at radius 3 is 2.96 bits per heavy atom. The highest BCUT2D eigenvalue weighted by Crippen LogP contribution is 2.13. The lowest BCUT2D eigenvalue weighted by Crippen LogP contribution is -2.41. The van der Waals surface area contributed by atoms with Gasteiger partial charge in [-0.05, 0) is 31.4 Å². The molecule has 2 rings (SSSR count). The second-order valence-corrected chi connectivity index (χ2v) is 5.97. The minimum Gasteiger partial charge on any atom is -0.381 e. The summed E-state index contributed by atoms with van der Waals surface area (Å²) in [7, 11) is 2.09. The van der Waals surface area contributed by atoms with Gasteiger partial charge in [0, 0.05) is 45.4 Å². The maximum absolute atomic E-state index is 5.79. The van der Waals surface area contributed by atoms with Gasteiger partial charge >= 0.3 is 0 Å². The Morgan fingerprint density at radius 2 is 2.35 bits per heavy atom. The Morgan fingerprint density at radius 1 is 1.52 bits per heavy atom. The molecule has 7 heteroatoms. The van der Waals surface area contributed by atoms with Crippen LogP contribution in [0.4, 0.5) is 0 Å². The first-order valence-electron chi connectivity index (χ1n) is 7.86. The molecular formula is C16H26ClIN4O. The molecule has 1 atom stereocenters. The molecule has 1 aliphatic rings. The van der Waals surface area contributed by atoms with Crippen molar-refractivity contribution < 1.29 is 4.74 Å². The second kappa shape index (κ2) is 11.0. The number of hydrogen-bond donors (Lipinski definition) is 1. The van der Waals surface area contributed by atoms with Crippen molar-refractivity contribution in [2.24, 2.45) is 10.9 Å². The first-order chi connectivity index (χ1) is 10.7. The lowest BCUT2D eigenvalue weighted by molar-refractivity contribution is 0.181. The first kappa shape index (κ1) is 20.4. The van der Waals surface area contributed by atoms with Crippen LogP contribution in [0.3, 0.4) is 0 Å².